The van der Waals surface area contributed by atoms with Gasteiger partial charge in [-0.05, 0) is 67.7 Å². The summed E-state index contributed by atoms with van der Waals surface area (Å²) in [6.07, 6.45) is 15.7. The number of hydrogen-bond donors (Lipinski definition) is 6. The molecule has 0 unspecified atom stereocenters. The topological polar surface area (TPSA) is 130 Å². The molecule has 6 N–H and O–H groups in total. The van der Waals surface area contributed by atoms with Crippen LogP contribution >= 0.6 is 0 Å². The van der Waals surface area contributed by atoms with Crippen molar-refractivity contribution in [3.05, 3.63) is 70.8 Å². The summed E-state index contributed by atoms with van der Waals surface area (Å²) in [6, 6.07) is 7.58. The Morgan fingerprint density at radius 1 is 1.09 bits per heavy atom. The molecule has 0 bridgehead atoms. The van der Waals surface area contributed by atoms with Crippen molar-refractivity contribution in [3.8, 4) is 11.8 Å². The molecule has 3 rings (SSSR count). The summed E-state index contributed by atoms with van der Waals surface area (Å²) in [5, 5.41) is 55.4. The summed E-state index contributed by atoms with van der Waals surface area (Å²) in [5.74, 6) is 5.81. The predicted molar refractivity (Wildman–Crippen MR) is 175 cm³/mol. The highest BCUT2D eigenvalue weighted by molar-refractivity contribution is 5.66. The molecule has 1 heterocycles. The predicted octanol–water partition coefficient (Wildman–Crippen LogP) is 5.21. The number of fused-ring (bicyclic) bond motifs is 2. The van der Waals surface area contributed by atoms with E-state index in [1.54, 1.807) is 0 Å². The molecule has 242 valence electrons. The Labute approximate surface area is 263 Å². The van der Waals surface area contributed by atoms with Gasteiger partial charge in [0, 0.05) is 18.0 Å². The summed E-state index contributed by atoms with van der Waals surface area (Å²) in [7, 11) is 0. The standard InChI is InChI=1S/C37H53NO6/c1-2-3-6-15-31(40)24-23-29-21-19-27-12-9-10-13-28(27)20-22-30-14-11-17-35(42)37(30)38-34(33(29)25-32(41)26-39)16-7-4-5-8-18-36(43)44/h9-14,23-24,30-32,34-35,37-42H,2-8,15-19,21,25-26H2,1H3,(H,43,44)/b24-23+,33-29+/t30-,31+,32+,34+,35+,37+/m1/s1. The van der Waals surface area contributed by atoms with Gasteiger partial charge < -0.3 is 30.8 Å². The summed E-state index contributed by atoms with van der Waals surface area (Å²) < 4.78 is 0. The molecular weight excluding hydrogens is 554 g/mol. The van der Waals surface area contributed by atoms with Gasteiger partial charge in [0.2, 0.25) is 0 Å². The van der Waals surface area contributed by atoms with E-state index in [0.717, 1.165) is 73.6 Å². The van der Waals surface area contributed by atoms with Crippen LogP contribution in [0.1, 0.15) is 102 Å². The maximum Gasteiger partial charge on any atom is 0.303 e. The summed E-state index contributed by atoms with van der Waals surface area (Å²) in [6.45, 7) is 1.77. The van der Waals surface area contributed by atoms with Gasteiger partial charge in [0.1, 0.15) is 0 Å². The fourth-order valence-corrected chi connectivity index (χ4v) is 6.18. The number of aliphatic hydroxyl groups is 4. The number of aliphatic carboxylic acids is 1. The van der Waals surface area contributed by atoms with Gasteiger partial charge in [-0.15, -0.1) is 0 Å². The normalized spacial score (nSPS) is 25.2. The van der Waals surface area contributed by atoms with Gasteiger partial charge in [-0.2, -0.15) is 0 Å². The van der Waals surface area contributed by atoms with Crippen LogP contribution in [0.4, 0.5) is 0 Å². The second kappa shape index (κ2) is 19.6. The van der Waals surface area contributed by atoms with Crippen LogP contribution < -0.4 is 5.32 Å². The van der Waals surface area contributed by atoms with Gasteiger partial charge in [0.15, 0.2) is 0 Å². The number of aliphatic hydroxyl groups excluding tert-OH is 4. The molecule has 0 spiro atoms. The molecule has 44 heavy (non-hydrogen) atoms. The number of hydrogen-bond acceptors (Lipinski definition) is 6. The van der Waals surface area contributed by atoms with Gasteiger partial charge >= 0.3 is 5.97 Å². The Kier molecular flexibility index (Phi) is 15.9. The van der Waals surface area contributed by atoms with E-state index >= 15 is 0 Å². The molecule has 7 heteroatoms. The van der Waals surface area contributed by atoms with E-state index in [1.807, 2.05) is 36.4 Å². The van der Waals surface area contributed by atoms with Gasteiger partial charge in [-0.1, -0.05) is 99.8 Å². The molecule has 1 aliphatic heterocycles. The molecule has 0 radical (unpaired) electrons. The molecule has 1 aromatic carbocycles. The van der Waals surface area contributed by atoms with E-state index < -0.39 is 24.3 Å². The van der Waals surface area contributed by atoms with E-state index in [-0.39, 0.29) is 37.5 Å². The Morgan fingerprint density at radius 2 is 1.89 bits per heavy atom. The fraction of sp³-hybridized carbons (Fsp3) is 0.595. The minimum Gasteiger partial charge on any atom is -0.481 e. The molecule has 0 amide bonds. The molecule has 2 aliphatic rings. The zero-order valence-corrected chi connectivity index (χ0v) is 26.3. The number of allylic oxidation sites excluding steroid dienone is 2. The van der Waals surface area contributed by atoms with Gasteiger partial charge in [-0.3, -0.25) is 4.79 Å². The molecular formula is C37H53NO6. The lowest BCUT2D eigenvalue weighted by Crippen LogP contribution is -2.51. The first-order chi connectivity index (χ1) is 21.3. The van der Waals surface area contributed by atoms with E-state index in [1.165, 1.54) is 0 Å². The molecule has 0 saturated heterocycles. The zero-order chi connectivity index (χ0) is 31.7. The number of nitrogens with one attached hydrogen (secondary N) is 1. The molecule has 7 nitrogen and oxygen atoms in total. The number of unbranched alkanes of at least 4 members (excludes halogenated alkanes) is 5. The third-order valence-electron chi connectivity index (χ3n) is 8.73. The largest absolute Gasteiger partial charge is 0.481 e. The van der Waals surface area contributed by atoms with Crippen LogP contribution in [0.5, 0.6) is 0 Å². The third kappa shape index (κ3) is 12.0. The smallest absolute Gasteiger partial charge is 0.303 e. The minimum atomic E-state index is -0.949. The monoisotopic (exact) mass is 607 g/mol. The van der Waals surface area contributed by atoms with E-state index in [9.17, 15) is 25.2 Å². The van der Waals surface area contributed by atoms with Crippen LogP contribution in [0.15, 0.2) is 59.7 Å². The zero-order valence-electron chi connectivity index (χ0n) is 26.3. The lowest BCUT2D eigenvalue weighted by Gasteiger charge is -2.36. The number of aryl methyl sites for hydroxylation is 1. The van der Waals surface area contributed by atoms with Crippen molar-refractivity contribution in [2.45, 2.75) is 127 Å². The van der Waals surface area contributed by atoms with Gasteiger partial charge in [-0.25, -0.2) is 0 Å². The van der Waals surface area contributed by atoms with Gasteiger partial charge in [0.05, 0.1) is 36.9 Å². The first-order valence-corrected chi connectivity index (χ1v) is 16.6. The van der Waals surface area contributed by atoms with E-state index in [4.69, 9.17) is 5.11 Å². The van der Waals surface area contributed by atoms with Crippen molar-refractivity contribution < 1.29 is 30.3 Å². The lowest BCUT2D eigenvalue weighted by molar-refractivity contribution is -0.137. The Hall–Kier alpha value is -2.73. The van der Waals surface area contributed by atoms with Crippen molar-refractivity contribution in [3.63, 3.8) is 0 Å². The minimum absolute atomic E-state index is 0.160. The summed E-state index contributed by atoms with van der Waals surface area (Å²) >= 11 is 0. The Balaban J connectivity index is 2.05. The number of carboxylic acid groups (broad SMARTS) is 1. The van der Waals surface area contributed by atoms with Crippen molar-refractivity contribution in [1.29, 1.82) is 0 Å². The molecule has 0 saturated carbocycles. The molecule has 6 atom stereocenters. The van der Waals surface area contributed by atoms with E-state index in [2.05, 4.69) is 36.2 Å². The number of carbonyl (C=O) groups is 1. The molecule has 1 aliphatic carbocycles. The van der Waals surface area contributed by atoms with Crippen molar-refractivity contribution in [2.24, 2.45) is 5.92 Å². The fourth-order valence-electron chi connectivity index (χ4n) is 6.18. The molecule has 0 fully saturated rings. The van der Waals surface area contributed by atoms with Crippen molar-refractivity contribution in [1.82, 2.24) is 5.32 Å². The Bertz CT molecular complexity index is 1180. The first-order valence-electron chi connectivity index (χ1n) is 16.6. The average molecular weight is 608 g/mol. The van der Waals surface area contributed by atoms with E-state index in [0.29, 0.717) is 25.7 Å². The molecule has 0 aromatic heterocycles. The third-order valence-corrected chi connectivity index (χ3v) is 8.73. The summed E-state index contributed by atoms with van der Waals surface area (Å²) in [5.41, 5.74) is 4.06. The van der Waals surface area contributed by atoms with Crippen LogP contribution in [0.3, 0.4) is 0 Å². The van der Waals surface area contributed by atoms with Crippen LogP contribution in [0, 0.1) is 17.8 Å². The second-order valence-electron chi connectivity index (χ2n) is 12.3. The van der Waals surface area contributed by atoms with Crippen LogP contribution in [-0.4, -0.2) is 68.5 Å². The lowest BCUT2D eigenvalue weighted by atomic mass is 9.83. The summed E-state index contributed by atoms with van der Waals surface area (Å²) in [4.78, 5) is 11.0. The second-order valence-corrected chi connectivity index (χ2v) is 12.3. The van der Waals surface area contributed by atoms with Crippen molar-refractivity contribution >= 4 is 5.97 Å². The number of rotatable bonds is 16. The van der Waals surface area contributed by atoms with Crippen LogP contribution in [0.2, 0.25) is 0 Å². The number of benzene rings is 1. The quantitative estimate of drug-likeness (QED) is 0.0864. The Morgan fingerprint density at radius 3 is 2.66 bits per heavy atom. The maximum absolute atomic E-state index is 11.2. The highest BCUT2D eigenvalue weighted by atomic mass is 16.4. The SMILES string of the molecule is CCCCC[C@H](O)/C=C/C1=C(\C[C@H](O)CO)[C@H](CCCCCCC(=O)O)N[C@H]2[C@@H](C#Cc3ccccc3CC1)C=CC[C@@H]2O. The van der Waals surface area contributed by atoms with Crippen LogP contribution in [-0.2, 0) is 11.2 Å². The van der Waals surface area contributed by atoms with Crippen LogP contribution in [0.25, 0.3) is 0 Å². The van der Waals surface area contributed by atoms with Crippen molar-refractivity contribution in [2.75, 3.05) is 6.61 Å². The molecule has 1 aromatic rings. The average Bonchev–Trinajstić information content (AvgIpc) is 3.01. The maximum atomic E-state index is 11.2. The first kappa shape index (κ1) is 35.7. The highest BCUT2D eigenvalue weighted by Crippen LogP contribution is 2.29. The number of carboxylic acids is 1. The van der Waals surface area contributed by atoms with Gasteiger partial charge in [0.25, 0.3) is 0 Å². The highest BCUT2D eigenvalue weighted by Gasteiger charge is 2.32.